The third-order valence-electron chi connectivity index (χ3n) is 1.08. The lowest BCUT2D eigenvalue weighted by Gasteiger charge is -2.12. The van der Waals surface area contributed by atoms with Gasteiger partial charge < -0.3 is 0 Å². The SMILES string of the molecule is C[N+]1CCC1. The number of likely N-dealkylation sites (tertiary alicyclic amines) is 1. The van der Waals surface area contributed by atoms with Gasteiger partial charge in [-0.1, -0.05) is 0 Å². The van der Waals surface area contributed by atoms with Crippen LogP contribution in [0.25, 0.3) is 0 Å². The molecule has 1 saturated heterocycles. The Morgan fingerprint density at radius 3 is 1.80 bits per heavy atom. The highest BCUT2D eigenvalue weighted by atomic mass is 15.1. The number of rotatable bonds is 0. The zero-order valence-electron chi connectivity index (χ0n) is 3.57. The van der Waals surface area contributed by atoms with E-state index in [1.807, 2.05) is 0 Å². The fraction of sp³-hybridized carbons (Fsp3) is 1.00. The van der Waals surface area contributed by atoms with Gasteiger partial charge in [0.15, 0.2) is 0 Å². The monoisotopic (exact) mass is 71.1 g/mol. The van der Waals surface area contributed by atoms with Crippen LogP contribution in [0.1, 0.15) is 6.42 Å². The highest BCUT2D eigenvalue weighted by Crippen LogP contribution is 1.94. The molecule has 29 valence electrons. The molecule has 1 heteroatoms. The van der Waals surface area contributed by atoms with Crippen molar-refractivity contribution in [2.75, 3.05) is 20.1 Å². The van der Waals surface area contributed by atoms with Gasteiger partial charge in [-0.25, -0.2) is 0 Å². The van der Waals surface area contributed by atoms with Gasteiger partial charge in [0, 0.05) is 0 Å². The summed E-state index contributed by atoms with van der Waals surface area (Å²) in [5.41, 5.74) is 0. The van der Waals surface area contributed by atoms with Crippen molar-refractivity contribution < 1.29 is 0 Å². The summed E-state index contributed by atoms with van der Waals surface area (Å²) in [5.74, 6) is 0. The predicted molar refractivity (Wildman–Crippen MR) is 22.4 cm³/mol. The maximum Gasteiger partial charge on any atom is 0.128 e. The van der Waals surface area contributed by atoms with E-state index in [1.165, 1.54) is 19.5 Å². The summed E-state index contributed by atoms with van der Waals surface area (Å²) in [4.78, 5) is 2.31. The second-order valence-corrected chi connectivity index (χ2v) is 1.66. The molecule has 5 heavy (non-hydrogen) atoms. The lowest BCUT2D eigenvalue weighted by Crippen LogP contribution is -2.38. The minimum absolute atomic E-state index is 1.32. The summed E-state index contributed by atoms with van der Waals surface area (Å²) in [6.07, 6.45) is 1.41. The zero-order valence-corrected chi connectivity index (χ0v) is 3.57. The second kappa shape index (κ2) is 0.977. The molecule has 0 N–H and O–H groups in total. The van der Waals surface area contributed by atoms with Gasteiger partial charge in [-0.2, -0.15) is 4.90 Å². The lowest BCUT2D eigenvalue weighted by atomic mass is 10.3. The first-order valence-electron chi connectivity index (χ1n) is 2.08. The Labute approximate surface area is 32.6 Å². The van der Waals surface area contributed by atoms with E-state index >= 15 is 0 Å². The first-order chi connectivity index (χ1) is 2.39. The minimum atomic E-state index is 1.32. The third-order valence-corrected chi connectivity index (χ3v) is 1.08. The van der Waals surface area contributed by atoms with Gasteiger partial charge in [0.2, 0.25) is 0 Å². The molecule has 0 amide bonds. The Bertz CT molecular complexity index is 30.6. The van der Waals surface area contributed by atoms with Gasteiger partial charge in [0.1, 0.15) is 20.1 Å². The quantitative estimate of drug-likeness (QED) is 0.359. The highest BCUT2D eigenvalue weighted by molar-refractivity contribution is 4.67. The molecule has 1 nitrogen and oxygen atoms in total. The average Bonchev–Trinajstić information content (AvgIpc) is 1.30. The molecule has 1 fully saturated rings. The van der Waals surface area contributed by atoms with E-state index in [9.17, 15) is 0 Å². The topological polar surface area (TPSA) is 5.90 Å². The molecule has 1 aliphatic rings. The van der Waals surface area contributed by atoms with Crippen molar-refractivity contribution in [2.45, 2.75) is 6.42 Å². The number of hydrogen-bond donors (Lipinski definition) is 0. The van der Waals surface area contributed by atoms with Crippen LogP contribution in [0.4, 0.5) is 0 Å². The standard InChI is InChI=1S/C4H9N/c1-5-3-2-4-5/h2-4H2,1H3/q+1. The molecule has 0 aromatic rings. The predicted octanol–water partition coefficient (Wildman–Crippen LogP) is 0.160. The van der Waals surface area contributed by atoms with Gasteiger partial charge in [-0.05, 0) is 0 Å². The molecule has 0 aliphatic carbocycles. The first-order valence-corrected chi connectivity index (χ1v) is 2.08. The third kappa shape index (κ3) is 0.428. The largest absolute Gasteiger partial charge is 0.172 e. The van der Waals surface area contributed by atoms with Crippen molar-refractivity contribution in [1.82, 2.24) is 4.90 Å². The van der Waals surface area contributed by atoms with E-state index in [2.05, 4.69) is 11.9 Å². The molecule has 0 spiro atoms. The van der Waals surface area contributed by atoms with Crippen molar-refractivity contribution in [3.8, 4) is 0 Å². The highest BCUT2D eigenvalue weighted by Gasteiger charge is 2.16. The van der Waals surface area contributed by atoms with Crippen LogP contribution in [0.3, 0.4) is 0 Å². The Morgan fingerprint density at radius 1 is 1.40 bits per heavy atom. The average molecular weight is 71.1 g/mol. The van der Waals surface area contributed by atoms with Crippen molar-refractivity contribution >= 4 is 0 Å². The van der Waals surface area contributed by atoms with Crippen LogP contribution in [0.5, 0.6) is 0 Å². The van der Waals surface area contributed by atoms with Crippen LogP contribution in [0, 0.1) is 0 Å². The summed E-state index contributed by atoms with van der Waals surface area (Å²) >= 11 is 0. The summed E-state index contributed by atoms with van der Waals surface area (Å²) in [6.45, 7) is 2.64. The summed E-state index contributed by atoms with van der Waals surface area (Å²) in [5, 5.41) is 0. The first kappa shape index (κ1) is 3.16. The van der Waals surface area contributed by atoms with Gasteiger partial charge in [-0.3, -0.25) is 0 Å². The Kier molecular flexibility index (Phi) is 0.618. The molecular weight excluding hydrogens is 62.1 g/mol. The molecule has 1 aliphatic heterocycles. The molecule has 0 aromatic heterocycles. The Morgan fingerprint density at radius 2 is 1.80 bits per heavy atom. The van der Waals surface area contributed by atoms with Crippen molar-refractivity contribution in [2.24, 2.45) is 0 Å². The van der Waals surface area contributed by atoms with E-state index in [4.69, 9.17) is 0 Å². The molecule has 0 saturated carbocycles. The molecule has 0 atom stereocenters. The molecule has 1 rings (SSSR count). The van der Waals surface area contributed by atoms with Crippen LogP contribution < -0.4 is 4.90 Å². The Balaban J connectivity index is 2.08. The number of nitrogens with zero attached hydrogens (tertiary/aromatic N) is 1. The summed E-state index contributed by atoms with van der Waals surface area (Å²) in [7, 11) is 2.14. The zero-order chi connectivity index (χ0) is 3.70. The van der Waals surface area contributed by atoms with Crippen LogP contribution in [-0.4, -0.2) is 20.1 Å². The molecule has 1 heterocycles. The molecular formula is C4H9N+. The molecule has 0 aromatic carbocycles. The smallest absolute Gasteiger partial charge is 0.128 e. The van der Waals surface area contributed by atoms with Crippen LogP contribution in [-0.2, 0) is 0 Å². The normalized spacial score (nSPS) is 25.8. The van der Waals surface area contributed by atoms with Crippen LogP contribution >= 0.6 is 0 Å². The molecule has 0 unspecified atom stereocenters. The van der Waals surface area contributed by atoms with E-state index < -0.39 is 0 Å². The van der Waals surface area contributed by atoms with Gasteiger partial charge in [0.25, 0.3) is 0 Å². The summed E-state index contributed by atoms with van der Waals surface area (Å²) in [6, 6.07) is 0. The van der Waals surface area contributed by atoms with Crippen molar-refractivity contribution in [3.63, 3.8) is 0 Å². The van der Waals surface area contributed by atoms with E-state index in [1.54, 1.807) is 0 Å². The maximum absolute atomic E-state index is 2.31. The van der Waals surface area contributed by atoms with Gasteiger partial charge >= 0.3 is 0 Å². The minimum Gasteiger partial charge on any atom is -0.172 e. The van der Waals surface area contributed by atoms with Crippen LogP contribution in [0.2, 0.25) is 0 Å². The van der Waals surface area contributed by atoms with E-state index in [0.717, 1.165) is 0 Å². The lowest BCUT2D eigenvalue weighted by molar-refractivity contribution is 0.356. The Hall–Kier alpha value is -0.0400. The molecule has 1 radical (unpaired) electrons. The van der Waals surface area contributed by atoms with Crippen molar-refractivity contribution in [3.05, 3.63) is 0 Å². The fourth-order valence-electron chi connectivity index (χ4n) is 0.474. The van der Waals surface area contributed by atoms with Gasteiger partial charge in [-0.15, -0.1) is 0 Å². The maximum atomic E-state index is 2.31. The van der Waals surface area contributed by atoms with Crippen molar-refractivity contribution in [1.29, 1.82) is 0 Å². The van der Waals surface area contributed by atoms with E-state index in [0.29, 0.717) is 0 Å². The number of hydrogen-bond acceptors (Lipinski definition) is 1. The fourth-order valence-corrected chi connectivity index (χ4v) is 0.474. The van der Waals surface area contributed by atoms with E-state index in [-0.39, 0.29) is 0 Å². The summed E-state index contributed by atoms with van der Waals surface area (Å²) < 4.78 is 0. The van der Waals surface area contributed by atoms with Gasteiger partial charge in [0.05, 0.1) is 6.42 Å². The van der Waals surface area contributed by atoms with Crippen LogP contribution in [0.15, 0.2) is 0 Å². The molecule has 0 bridgehead atoms. The second-order valence-electron chi connectivity index (χ2n) is 1.66.